The van der Waals surface area contributed by atoms with E-state index in [1.165, 1.54) is 48.7 Å². The van der Waals surface area contributed by atoms with Crippen molar-refractivity contribution >= 4 is 10.8 Å². The van der Waals surface area contributed by atoms with Gasteiger partial charge >= 0.3 is 0 Å². The summed E-state index contributed by atoms with van der Waals surface area (Å²) in [7, 11) is 0. The number of nitrogens with zero attached hydrogens (tertiary/aromatic N) is 1. The third-order valence-corrected chi connectivity index (χ3v) is 4.13. The Kier molecular flexibility index (Phi) is 3.81. The zero-order valence-electron chi connectivity index (χ0n) is 11.4. The number of likely N-dealkylation sites (tertiary alicyclic amines) is 1. The fraction of sp³-hybridized carbons (Fsp3) is 0.412. The van der Waals surface area contributed by atoms with Gasteiger partial charge in [-0.25, -0.2) is 0 Å². The van der Waals surface area contributed by atoms with Crippen LogP contribution in [0.4, 0.5) is 0 Å². The highest BCUT2D eigenvalue weighted by Gasteiger charge is 2.16. The Hall–Kier alpha value is -1.38. The van der Waals surface area contributed by atoms with Crippen LogP contribution < -0.4 is 5.73 Å². The van der Waals surface area contributed by atoms with Gasteiger partial charge in [0.05, 0.1) is 0 Å². The number of benzene rings is 2. The van der Waals surface area contributed by atoms with Crippen LogP contribution in [0.15, 0.2) is 42.5 Å². The second-order valence-corrected chi connectivity index (χ2v) is 5.54. The molecular formula is C17H22N2. The molecule has 2 aromatic rings. The van der Waals surface area contributed by atoms with Crippen LogP contribution in [0.1, 0.15) is 30.9 Å². The van der Waals surface area contributed by atoms with E-state index in [0.717, 1.165) is 6.54 Å². The summed E-state index contributed by atoms with van der Waals surface area (Å²) < 4.78 is 0. The molecule has 1 aliphatic heterocycles. The van der Waals surface area contributed by atoms with E-state index in [4.69, 9.17) is 5.73 Å². The monoisotopic (exact) mass is 254 g/mol. The van der Waals surface area contributed by atoms with E-state index < -0.39 is 0 Å². The first-order valence-corrected chi connectivity index (χ1v) is 7.30. The van der Waals surface area contributed by atoms with Crippen molar-refractivity contribution in [3.8, 4) is 0 Å². The molecule has 3 rings (SSSR count). The maximum atomic E-state index is 6.45. The third-order valence-electron chi connectivity index (χ3n) is 4.13. The quantitative estimate of drug-likeness (QED) is 0.910. The number of fused-ring (bicyclic) bond motifs is 1. The summed E-state index contributed by atoms with van der Waals surface area (Å²) in [5.74, 6) is 0. The predicted octanol–water partition coefficient (Wildman–Crippen LogP) is 3.33. The van der Waals surface area contributed by atoms with Crippen LogP contribution in [0, 0.1) is 0 Å². The van der Waals surface area contributed by atoms with Crippen molar-refractivity contribution in [1.29, 1.82) is 0 Å². The SMILES string of the molecule is NC(CN1CCCCC1)c1cccc2ccccc12. The average molecular weight is 254 g/mol. The lowest BCUT2D eigenvalue weighted by molar-refractivity contribution is 0.217. The molecule has 1 saturated heterocycles. The van der Waals surface area contributed by atoms with Gasteiger partial charge in [0.2, 0.25) is 0 Å². The summed E-state index contributed by atoms with van der Waals surface area (Å²) in [6.07, 6.45) is 4.02. The van der Waals surface area contributed by atoms with E-state index >= 15 is 0 Å². The van der Waals surface area contributed by atoms with Crippen LogP contribution in [-0.2, 0) is 0 Å². The number of hydrogen-bond donors (Lipinski definition) is 1. The minimum Gasteiger partial charge on any atom is -0.323 e. The molecule has 1 fully saturated rings. The Bertz CT molecular complexity index is 538. The molecular weight excluding hydrogens is 232 g/mol. The summed E-state index contributed by atoms with van der Waals surface area (Å²) in [6.45, 7) is 3.39. The van der Waals surface area contributed by atoms with Gasteiger partial charge in [0.15, 0.2) is 0 Å². The lowest BCUT2D eigenvalue weighted by Crippen LogP contribution is -2.36. The molecule has 2 nitrogen and oxygen atoms in total. The fourth-order valence-corrected chi connectivity index (χ4v) is 3.09. The molecule has 0 bridgehead atoms. The zero-order valence-corrected chi connectivity index (χ0v) is 11.4. The first kappa shape index (κ1) is 12.6. The van der Waals surface area contributed by atoms with E-state index in [9.17, 15) is 0 Å². The molecule has 0 radical (unpaired) electrons. The van der Waals surface area contributed by atoms with Crippen molar-refractivity contribution in [2.24, 2.45) is 5.73 Å². The number of nitrogens with two attached hydrogens (primary N) is 1. The predicted molar refractivity (Wildman–Crippen MR) is 81.2 cm³/mol. The molecule has 2 heteroatoms. The van der Waals surface area contributed by atoms with Gasteiger partial charge in [-0.05, 0) is 42.3 Å². The van der Waals surface area contributed by atoms with E-state index in [-0.39, 0.29) is 6.04 Å². The van der Waals surface area contributed by atoms with E-state index in [0.29, 0.717) is 0 Å². The minimum absolute atomic E-state index is 0.115. The van der Waals surface area contributed by atoms with Gasteiger partial charge in [-0.2, -0.15) is 0 Å². The first-order chi connectivity index (χ1) is 9.34. The van der Waals surface area contributed by atoms with Gasteiger partial charge in [-0.1, -0.05) is 48.9 Å². The fourth-order valence-electron chi connectivity index (χ4n) is 3.09. The minimum atomic E-state index is 0.115. The molecule has 0 amide bonds. The lowest BCUT2D eigenvalue weighted by atomic mass is 9.98. The highest BCUT2D eigenvalue weighted by atomic mass is 15.1. The van der Waals surface area contributed by atoms with Gasteiger partial charge < -0.3 is 10.6 Å². The molecule has 1 heterocycles. The van der Waals surface area contributed by atoms with Crippen LogP contribution >= 0.6 is 0 Å². The van der Waals surface area contributed by atoms with Crippen LogP contribution in [-0.4, -0.2) is 24.5 Å². The van der Waals surface area contributed by atoms with E-state index in [2.05, 4.69) is 47.4 Å². The highest BCUT2D eigenvalue weighted by molar-refractivity contribution is 5.86. The van der Waals surface area contributed by atoms with Gasteiger partial charge in [0, 0.05) is 12.6 Å². The second-order valence-electron chi connectivity index (χ2n) is 5.54. The third kappa shape index (κ3) is 2.80. The van der Waals surface area contributed by atoms with Crippen molar-refractivity contribution in [2.45, 2.75) is 25.3 Å². The van der Waals surface area contributed by atoms with Crippen molar-refractivity contribution < 1.29 is 0 Å². The van der Waals surface area contributed by atoms with Crippen molar-refractivity contribution in [3.63, 3.8) is 0 Å². The number of hydrogen-bond acceptors (Lipinski definition) is 2. The smallest absolute Gasteiger partial charge is 0.0430 e. The van der Waals surface area contributed by atoms with Crippen LogP contribution in [0.5, 0.6) is 0 Å². The first-order valence-electron chi connectivity index (χ1n) is 7.30. The number of rotatable bonds is 3. The molecule has 0 aromatic heterocycles. The molecule has 1 atom stereocenters. The Morgan fingerprint density at radius 2 is 1.68 bits per heavy atom. The van der Waals surface area contributed by atoms with Crippen LogP contribution in [0.2, 0.25) is 0 Å². The Labute approximate surface area is 115 Å². The van der Waals surface area contributed by atoms with Crippen molar-refractivity contribution in [1.82, 2.24) is 4.90 Å². The normalized spacial score (nSPS) is 18.6. The van der Waals surface area contributed by atoms with Gasteiger partial charge in [-0.3, -0.25) is 0 Å². The van der Waals surface area contributed by atoms with Crippen molar-refractivity contribution in [2.75, 3.05) is 19.6 Å². The molecule has 2 aromatic carbocycles. The van der Waals surface area contributed by atoms with E-state index in [1.54, 1.807) is 0 Å². The molecule has 1 unspecified atom stereocenters. The average Bonchev–Trinajstić information content (AvgIpc) is 2.47. The van der Waals surface area contributed by atoms with Crippen LogP contribution in [0.3, 0.4) is 0 Å². The standard InChI is InChI=1S/C17H22N2/c18-17(13-19-11-4-1-5-12-19)16-10-6-8-14-7-2-3-9-15(14)16/h2-3,6-10,17H,1,4-5,11-13,18H2. The number of piperidine rings is 1. The Morgan fingerprint density at radius 3 is 2.53 bits per heavy atom. The maximum absolute atomic E-state index is 6.45. The van der Waals surface area contributed by atoms with Gasteiger partial charge in [-0.15, -0.1) is 0 Å². The lowest BCUT2D eigenvalue weighted by Gasteiger charge is -2.29. The topological polar surface area (TPSA) is 29.3 Å². The largest absolute Gasteiger partial charge is 0.323 e. The Balaban J connectivity index is 1.82. The summed E-state index contributed by atoms with van der Waals surface area (Å²) in [5.41, 5.74) is 7.73. The molecule has 0 aliphatic carbocycles. The van der Waals surface area contributed by atoms with Gasteiger partial charge in [0.25, 0.3) is 0 Å². The van der Waals surface area contributed by atoms with Gasteiger partial charge in [0.1, 0.15) is 0 Å². The molecule has 100 valence electrons. The highest BCUT2D eigenvalue weighted by Crippen LogP contribution is 2.24. The summed E-state index contributed by atoms with van der Waals surface area (Å²) in [5, 5.41) is 2.59. The zero-order chi connectivity index (χ0) is 13.1. The molecule has 0 spiro atoms. The second kappa shape index (κ2) is 5.72. The summed E-state index contributed by atoms with van der Waals surface area (Å²) in [4.78, 5) is 2.51. The molecule has 0 saturated carbocycles. The summed E-state index contributed by atoms with van der Waals surface area (Å²) in [6, 6.07) is 15.1. The van der Waals surface area contributed by atoms with E-state index in [1.807, 2.05) is 0 Å². The molecule has 19 heavy (non-hydrogen) atoms. The summed E-state index contributed by atoms with van der Waals surface area (Å²) >= 11 is 0. The molecule has 2 N–H and O–H groups in total. The van der Waals surface area contributed by atoms with Crippen LogP contribution in [0.25, 0.3) is 10.8 Å². The Morgan fingerprint density at radius 1 is 0.947 bits per heavy atom. The maximum Gasteiger partial charge on any atom is 0.0430 e. The molecule has 1 aliphatic rings. The van der Waals surface area contributed by atoms with Crippen molar-refractivity contribution in [3.05, 3.63) is 48.0 Å².